The fourth-order valence-corrected chi connectivity index (χ4v) is 3.04. The second-order valence-corrected chi connectivity index (χ2v) is 6.58. The molecule has 0 N–H and O–H groups in total. The van der Waals surface area contributed by atoms with Gasteiger partial charge in [0.15, 0.2) is 6.61 Å². The third-order valence-corrected chi connectivity index (χ3v) is 4.85. The van der Waals surface area contributed by atoms with E-state index >= 15 is 0 Å². The number of ether oxygens (including phenoxy) is 2. The van der Waals surface area contributed by atoms with Crippen LogP contribution in [-0.4, -0.2) is 51.0 Å². The van der Waals surface area contributed by atoms with Crippen molar-refractivity contribution in [2.24, 2.45) is 5.92 Å². The van der Waals surface area contributed by atoms with Crippen molar-refractivity contribution in [3.05, 3.63) is 40.5 Å². The van der Waals surface area contributed by atoms with E-state index in [2.05, 4.69) is 0 Å². The van der Waals surface area contributed by atoms with Crippen molar-refractivity contribution in [1.29, 1.82) is 0 Å². The first-order valence-corrected chi connectivity index (χ1v) is 8.32. The first-order valence-electron chi connectivity index (χ1n) is 8.32. The topological polar surface area (TPSA) is 191 Å². The second-order valence-electron chi connectivity index (χ2n) is 6.58. The maximum atomic E-state index is 11.4. The van der Waals surface area contributed by atoms with Gasteiger partial charge in [0.2, 0.25) is 0 Å². The molecule has 0 spiro atoms. The second kappa shape index (κ2) is 9.45. The Morgan fingerprint density at radius 2 is 1.41 bits per heavy atom. The fraction of sp³-hybridized carbons (Fsp3) is 1.00. The molecule has 0 atom stereocenters. The molecule has 1 rings (SSSR count). The monoisotopic (exact) mass is 394 g/mol. The maximum absolute atomic E-state index is 11.4. The molecule has 14 heteroatoms. The number of nitro groups is 4. The van der Waals surface area contributed by atoms with E-state index in [-0.39, 0.29) is 19.4 Å². The molecule has 0 aromatic rings. The highest BCUT2D eigenvalue weighted by Gasteiger charge is 2.63. The third-order valence-electron chi connectivity index (χ3n) is 4.85. The molecule has 0 heterocycles. The smallest absolute Gasteiger partial charge is 0.355 e. The molecular formula is C13H22N4O10. The van der Waals surface area contributed by atoms with Crippen LogP contribution in [0.2, 0.25) is 0 Å². The molecule has 1 aliphatic rings. The Kier molecular flexibility index (Phi) is 7.90. The largest absolute Gasteiger partial charge is 0.483 e. The summed E-state index contributed by atoms with van der Waals surface area (Å²) in [5, 5.41) is 44.3. The van der Waals surface area contributed by atoms with Gasteiger partial charge in [0, 0.05) is 6.61 Å². The summed E-state index contributed by atoms with van der Waals surface area (Å²) in [5.74, 6) is -0.733. The average molecular weight is 394 g/mol. The molecule has 1 saturated carbocycles. The predicted molar refractivity (Wildman–Crippen MR) is 87.1 cm³/mol. The Balaban J connectivity index is 2.47. The molecule has 0 aliphatic heterocycles. The lowest BCUT2D eigenvalue weighted by molar-refractivity contribution is -0.809. The van der Waals surface area contributed by atoms with Crippen LogP contribution in [0.5, 0.6) is 0 Å². The molecule has 0 saturated heterocycles. The lowest BCUT2D eigenvalue weighted by Gasteiger charge is -2.22. The Labute approximate surface area is 153 Å². The first kappa shape index (κ1) is 22.6. The van der Waals surface area contributed by atoms with Crippen LogP contribution < -0.4 is 0 Å². The lowest BCUT2D eigenvalue weighted by Crippen LogP contribution is -2.55. The summed E-state index contributed by atoms with van der Waals surface area (Å²) >= 11 is 0. The van der Waals surface area contributed by atoms with Crippen LogP contribution in [0.3, 0.4) is 0 Å². The van der Waals surface area contributed by atoms with E-state index in [1.54, 1.807) is 0 Å². The normalized spacial score (nSPS) is 15.6. The number of nitrogens with zero attached hydrogens (tertiary/aromatic N) is 4. The number of hydrogen-bond donors (Lipinski definition) is 0. The zero-order chi connectivity index (χ0) is 20.7. The summed E-state index contributed by atoms with van der Waals surface area (Å²) in [7, 11) is 0. The lowest BCUT2D eigenvalue weighted by atomic mass is 9.92. The fourth-order valence-electron chi connectivity index (χ4n) is 3.04. The van der Waals surface area contributed by atoms with E-state index < -0.39 is 50.3 Å². The van der Waals surface area contributed by atoms with Gasteiger partial charge in [-0.15, -0.1) is 0 Å². The van der Waals surface area contributed by atoms with Gasteiger partial charge in [-0.1, -0.05) is 12.8 Å². The van der Waals surface area contributed by atoms with Crippen molar-refractivity contribution in [3.8, 4) is 0 Å². The summed E-state index contributed by atoms with van der Waals surface area (Å²) in [6.07, 6.45) is 1.68. The summed E-state index contributed by atoms with van der Waals surface area (Å²) in [4.78, 5) is 40.4. The molecule has 27 heavy (non-hydrogen) atoms. The van der Waals surface area contributed by atoms with E-state index in [0.29, 0.717) is 25.7 Å². The van der Waals surface area contributed by atoms with E-state index in [0.717, 1.165) is 6.92 Å². The summed E-state index contributed by atoms with van der Waals surface area (Å²) in [5.41, 5.74) is -4.77. The quantitative estimate of drug-likeness (QED) is 0.191. The zero-order valence-electron chi connectivity index (χ0n) is 14.8. The van der Waals surface area contributed by atoms with E-state index in [1.807, 2.05) is 0 Å². The summed E-state index contributed by atoms with van der Waals surface area (Å²) in [6.45, 7) is -0.513. The Hall–Kier alpha value is -2.48. The van der Waals surface area contributed by atoms with Crippen molar-refractivity contribution in [3.63, 3.8) is 0 Å². The molecular weight excluding hydrogens is 372 g/mol. The molecule has 0 radical (unpaired) electrons. The molecule has 1 fully saturated rings. The minimum Gasteiger partial charge on any atom is -0.355 e. The molecule has 0 aromatic carbocycles. The molecule has 0 bridgehead atoms. The minimum absolute atomic E-state index is 0.0277. The standard InChI is InChI=1S/C13H22N4O10/c1-12(14(18)19,15(20)21)7-4-8-26-10-27-9-13(16(22)23,17(24)25)11-5-2-3-6-11/h11H,2-10H2,1H3. The van der Waals surface area contributed by atoms with Crippen molar-refractivity contribution in [1.82, 2.24) is 0 Å². The predicted octanol–water partition coefficient (Wildman–Crippen LogP) is 1.47. The number of hydrogen-bond acceptors (Lipinski definition) is 10. The molecule has 154 valence electrons. The number of rotatable bonds is 13. The average Bonchev–Trinajstić information content (AvgIpc) is 3.10. The van der Waals surface area contributed by atoms with Gasteiger partial charge in [0.1, 0.15) is 22.6 Å². The highest BCUT2D eigenvalue weighted by atomic mass is 16.7. The van der Waals surface area contributed by atoms with Crippen LogP contribution in [0.15, 0.2) is 0 Å². The van der Waals surface area contributed by atoms with Crippen LogP contribution in [0.4, 0.5) is 0 Å². The van der Waals surface area contributed by atoms with Gasteiger partial charge < -0.3 is 9.47 Å². The van der Waals surface area contributed by atoms with Gasteiger partial charge in [0.05, 0.1) is 23.2 Å². The van der Waals surface area contributed by atoms with Crippen molar-refractivity contribution < 1.29 is 29.2 Å². The third kappa shape index (κ3) is 5.03. The van der Waals surface area contributed by atoms with Crippen molar-refractivity contribution in [2.45, 2.75) is 56.8 Å². The van der Waals surface area contributed by atoms with E-state index in [1.165, 1.54) is 0 Å². The Bertz CT molecular complexity index is 549. The van der Waals surface area contributed by atoms with Gasteiger partial charge >= 0.3 is 11.3 Å². The van der Waals surface area contributed by atoms with Crippen LogP contribution >= 0.6 is 0 Å². The molecule has 0 unspecified atom stereocenters. The minimum atomic E-state index is -2.43. The van der Waals surface area contributed by atoms with Crippen molar-refractivity contribution >= 4 is 0 Å². The Morgan fingerprint density at radius 3 is 1.85 bits per heavy atom. The van der Waals surface area contributed by atoms with Gasteiger partial charge in [-0.25, -0.2) is 0 Å². The van der Waals surface area contributed by atoms with E-state index in [9.17, 15) is 40.5 Å². The maximum Gasteiger partial charge on any atom is 0.483 e. The Morgan fingerprint density at radius 1 is 0.889 bits per heavy atom. The molecule has 1 aliphatic carbocycles. The van der Waals surface area contributed by atoms with Gasteiger partial charge in [-0.05, 0) is 19.3 Å². The van der Waals surface area contributed by atoms with Crippen LogP contribution in [0.1, 0.15) is 45.4 Å². The van der Waals surface area contributed by atoms with Gasteiger partial charge in [-0.3, -0.25) is 40.5 Å². The molecule has 0 amide bonds. The van der Waals surface area contributed by atoms with Crippen LogP contribution in [-0.2, 0) is 9.47 Å². The highest BCUT2D eigenvalue weighted by molar-refractivity contribution is 4.82. The van der Waals surface area contributed by atoms with E-state index in [4.69, 9.17) is 9.47 Å². The van der Waals surface area contributed by atoms with Crippen molar-refractivity contribution in [2.75, 3.05) is 20.0 Å². The van der Waals surface area contributed by atoms with Crippen LogP contribution in [0, 0.1) is 46.4 Å². The molecule has 0 aromatic heterocycles. The zero-order valence-corrected chi connectivity index (χ0v) is 14.8. The summed E-state index contributed by atoms with van der Waals surface area (Å²) in [6, 6.07) is 0. The highest BCUT2D eigenvalue weighted by Crippen LogP contribution is 2.36. The molecule has 14 nitrogen and oxygen atoms in total. The summed E-state index contributed by atoms with van der Waals surface area (Å²) < 4.78 is 9.98. The van der Waals surface area contributed by atoms with Crippen LogP contribution in [0.25, 0.3) is 0 Å². The van der Waals surface area contributed by atoms with Gasteiger partial charge in [0.25, 0.3) is 0 Å². The SMILES string of the molecule is CC(CCCOCOCC(C1CCCC1)([N+](=O)[O-])[N+](=O)[O-])([N+](=O)[O-])[N+](=O)[O-]. The first-order chi connectivity index (χ1) is 12.6. The van der Waals surface area contributed by atoms with Gasteiger partial charge in [-0.2, -0.15) is 0 Å².